The van der Waals surface area contributed by atoms with Crippen molar-refractivity contribution in [2.75, 3.05) is 26.2 Å². The van der Waals surface area contributed by atoms with Gasteiger partial charge < -0.3 is 9.88 Å². The number of thiophene rings is 1. The van der Waals surface area contributed by atoms with Crippen molar-refractivity contribution in [3.8, 4) is 0 Å². The molecular formula is C21H24N4O3S2. The van der Waals surface area contributed by atoms with Gasteiger partial charge in [0, 0.05) is 48.8 Å². The van der Waals surface area contributed by atoms with Crippen molar-refractivity contribution in [1.29, 1.82) is 0 Å². The van der Waals surface area contributed by atoms with Crippen molar-refractivity contribution in [3.05, 3.63) is 45.9 Å². The molecule has 1 amide bonds. The van der Waals surface area contributed by atoms with Crippen molar-refractivity contribution in [2.24, 2.45) is 5.92 Å². The van der Waals surface area contributed by atoms with E-state index in [1.54, 1.807) is 34.6 Å². The van der Waals surface area contributed by atoms with Gasteiger partial charge in [0.1, 0.15) is 10.5 Å². The molecular weight excluding hydrogens is 420 g/mol. The van der Waals surface area contributed by atoms with Crippen LogP contribution in [-0.2, 0) is 22.9 Å². The molecule has 1 unspecified atom stereocenters. The van der Waals surface area contributed by atoms with Crippen LogP contribution in [-0.4, -0.2) is 59.7 Å². The number of pyridine rings is 1. The minimum Gasteiger partial charge on any atom is -0.345 e. The van der Waals surface area contributed by atoms with Gasteiger partial charge in [-0.15, -0.1) is 11.3 Å². The second-order valence-electron chi connectivity index (χ2n) is 8.16. The van der Waals surface area contributed by atoms with E-state index >= 15 is 0 Å². The summed E-state index contributed by atoms with van der Waals surface area (Å²) in [4.78, 5) is 24.3. The fourth-order valence-corrected chi connectivity index (χ4v) is 7.13. The molecule has 1 fully saturated rings. The van der Waals surface area contributed by atoms with Gasteiger partial charge in [-0.25, -0.2) is 13.4 Å². The molecule has 7 nitrogen and oxygen atoms in total. The molecule has 1 aliphatic carbocycles. The highest BCUT2D eigenvalue weighted by Gasteiger charge is 2.33. The molecule has 3 aromatic rings. The van der Waals surface area contributed by atoms with Crippen molar-refractivity contribution in [2.45, 2.75) is 31.1 Å². The Kier molecular flexibility index (Phi) is 4.91. The summed E-state index contributed by atoms with van der Waals surface area (Å²) in [5.41, 5.74) is 1.87. The van der Waals surface area contributed by atoms with Crippen LogP contribution in [0.3, 0.4) is 0 Å². The van der Waals surface area contributed by atoms with E-state index in [-0.39, 0.29) is 10.8 Å². The number of nitrogens with one attached hydrogen (secondary N) is 1. The Morgan fingerprint density at radius 1 is 1.27 bits per heavy atom. The summed E-state index contributed by atoms with van der Waals surface area (Å²) >= 11 is 1.61. The SMILES string of the molecule is CC1CCc2sc(C(=O)N3CCN(S(=O)(=O)c4c[nH]c5ncccc45)CC3)cc2C1. The normalized spacial score (nSPS) is 20.4. The fourth-order valence-electron chi connectivity index (χ4n) is 4.38. The number of carbonyl (C=O) groups excluding carboxylic acids is 1. The maximum atomic E-state index is 13.1. The number of hydrogen-bond donors (Lipinski definition) is 1. The highest BCUT2D eigenvalue weighted by Crippen LogP contribution is 2.33. The Hall–Kier alpha value is -2.23. The molecule has 0 radical (unpaired) electrons. The summed E-state index contributed by atoms with van der Waals surface area (Å²) in [6.45, 7) is 3.65. The van der Waals surface area contributed by atoms with Crippen LogP contribution >= 0.6 is 11.3 Å². The van der Waals surface area contributed by atoms with Gasteiger partial charge in [-0.2, -0.15) is 4.31 Å². The third kappa shape index (κ3) is 3.34. The third-order valence-electron chi connectivity index (χ3n) is 6.10. The molecule has 9 heteroatoms. The number of aromatic amines is 1. The van der Waals surface area contributed by atoms with Gasteiger partial charge in [-0.05, 0) is 48.9 Å². The molecule has 1 aliphatic heterocycles. The number of amides is 1. The maximum absolute atomic E-state index is 13.1. The molecule has 5 rings (SSSR count). The van der Waals surface area contributed by atoms with Crippen LogP contribution in [0.5, 0.6) is 0 Å². The number of fused-ring (bicyclic) bond motifs is 2. The number of hydrogen-bond acceptors (Lipinski definition) is 5. The van der Waals surface area contributed by atoms with E-state index < -0.39 is 10.0 Å². The first-order chi connectivity index (χ1) is 14.4. The molecule has 158 valence electrons. The molecule has 3 aromatic heterocycles. The average molecular weight is 445 g/mol. The second-order valence-corrected chi connectivity index (χ2v) is 11.2. The lowest BCUT2D eigenvalue weighted by molar-refractivity contribution is 0.0702. The van der Waals surface area contributed by atoms with Gasteiger partial charge >= 0.3 is 0 Å². The largest absolute Gasteiger partial charge is 0.345 e. The van der Waals surface area contributed by atoms with Crippen LogP contribution in [0.15, 0.2) is 35.5 Å². The average Bonchev–Trinajstić information content (AvgIpc) is 3.37. The Bertz CT molecular complexity index is 1210. The summed E-state index contributed by atoms with van der Waals surface area (Å²) in [7, 11) is -3.64. The van der Waals surface area contributed by atoms with E-state index in [0.29, 0.717) is 43.1 Å². The standard InChI is InChI=1S/C21H24N4O3S2/c1-14-4-5-17-15(11-14)12-18(29-17)21(26)24-7-9-25(10-8-24)30(27,28)19-13-23-20-16(19)3-2-6-22-20/h2-3,6,12-14H,4-5,7-11H2,1H3,(H,22,23). The van der Waals surface area contributed by atoms with E-state index in [2.05, 4.69) is 23.0 Å². The van der Waals surface area contributed by atoms with Gasteiger partial charge in [0.15, 0.2) is 0 Å². The van der Waals surface area contributed by atoms with Crippen molar-refractivity contribution >= 4 is 38.3 Å². The lowest BCUT2D eigenvalue weighted by Gasteiger charge is -2.33. The van der Waals surface area contributed by atoms with Gasteiger partial charge in [0.05, 0.1) is 4.88 Å². The molecule has 0 spiro atoms. The van der Waals surface area contributed by atoms with E-state index in [0.717, 1.165) is 17.7 Å². The summed E-state index contributed by atoms with van der Waals surface area (Å²) in [5, 5.41) is 0.592. The number of aryl methyl sites for hydroxylation is 1. The van der Waals surface area contributed by atoms with Crippen LogP contribution < -0.4 is 0 Å². The van der Waals surface area contributed by atoms with Crippen molar-refractivity contribution < 1.29 is 13.2 Å². The van der Waals surface area contributed by atoms with Gasteiger partial charge in [-0.1, -0.05) is 6.92 Å². The zero-order valence-corrected chi connectivity index (χ0v) is 18.4. The molecule has 1 atom stereocenters. The number of nitrogens with zero attached hydrogens (tertiary/aromatic N) is 3. The van der Waals surface area contributed by atoms with Crippen LogP contribution in [0.4, 0.5) is 0 Å². The molecule has 0 aromatic carbocycles. The van der Waals surface area contributed by atoms with Gasteiger partial charge in [0.2, 0.25) is 10.0 Å². The molecule has 30 heavy (non-hydrogen) atoms. The number of H-pyrrole nitrogens is 1. The van der Waals surface area contributed by atoms with Crippen LogP contribution in [0, 0.1) is 5.92 Å². The predicted octanol–water partition coefficient (Wildman–Crippen LogP) is 2.90. The first-order valence-corrected chi connectivity index (χ1v) is 12.5. The summed E-state index contributed by atoms with van der Waals surface area (Å²) in [6.07, 6.45) is 6.41. The second kappa shape index (κ2) is 7.47. The van der Waals surface area contributed by atoms with Crippen LogP contribution in [0.25, 0.3) is 11.0 Å². The Morgan fingerprint density at radius 2 is 2.07 bits per heavy atom. The number of sulfonamides is 1. The first kappa shape index (κ1) is 19.7. The lowest BCUT2D eigenvalue weighted by atomic mass is 9.90. The Morgan fingerprint density at radius 3 is 2.87 bits per heavy atom. The smallest absolute Gasteiger partial charge is 0.264 e. The van der Waals surface area contributed by atoms with Crippen molar-refractivity contribution in [3.63, 3.8) is 0 Å². The molecule has 4 heterocycles. The molecule has 1 N–H and O–H groups in total. The molecule has 0 bridgehead atoms. The van der Waals surface area contributed by atoms with Gasteiger partial charge in [-0.3, -0.25) is 4.79 Å². The Balaban J connectivity index is 1.30. The predicted molar refractivity (Wildman–Crippen MR) is 116 cm³/mol. The summed E-state index contributed by atoms with van der Waals surface area (Å²) < 4.78 is 27.8. The Labute approximate surface area is 179 Å². The van der Waals surface area contributed by atoms with Crippen LogP contribution in [0.2, 0.25) is 0 Å². The highest BCUT2D eigenvalue weighted by molar-refractivity contribution is 7.89. The van der Waals surface area contributed by atoms with Crippen molar-refractivity contribution in [1.82, 2.24) is 19.2 Å². The number of carbonyl (C=O) groups is 1. The summed E-state index contributed by atoms with van der Waals surface area (Å²) in [6, 6.07) is 5.54. The minimum absolute atomic E-state index is 0.0235. The quantitative estimate of drug-likeness (QED) is 0.673. The molecule has 0 saturated carbocycles. The van der Waals surface area contributed by atoms with E-state index in [4.69, 9.17) is 0 Å². The maximum Gasteiger partial charge on any atom is 0.264 e. The first-order valence-electron chi connectivity index (χ1n) is 10.3. The summed E-state index contributed by atoms with van der Waals surface area (Å²) in [5.74, 6) is 0.693. The molecule has 2 aliphatic rings. The van der Waals surface area contributed by atoms with Gasteiger partial charge in [0.25, 0.3) is 5.91 Å². The number of aromatic nitrogens is 2. The third-order valence-corrected chi connectivity index (χ3v) is 9.26. The number of rotatable bonds is 3. The monoisotopic (exact) mass is 444 g/mol. The fraction of sp³-hybridized carbons (Fsp3) is 0.429. The van der Waals surface area contributed by atoms with Crippen LogP contribution in [0.1, 0.15) is 33.5 Å². The zero-order valence-electron chi connectivity index (χ0n) is 16.8. The lowest BCUT2D eigenvalue weighted by Crippen LogP contribution is -2.50. The zero-order chi connectivity index (χ0) is 20.9. The number of piperazine rings is 1. The van der Waals surface area contributed by atoms with E-state index in [9.17, 15) is 13.2 Å². The minimum atomic E-state index is -3.64. The van der Waals surface area contributed by atoms with E-state index in [1.165, 1.54) is 27.4 Å². The van der Waals surface area contributed by atoms with E-state index in [1.807, 2.05) is 0 Å². The molecule has 1 saturated heterocycles. The topological polar surface area (TPSA) is 86.4 Å². The highest BCUT2D eigenvalue weighted by atomic mass is 32.2.